The Labute approximate surface area is 99.9 Å². The standard InChI is InChI=1S/C12H14N2OS/c1-8(7-12(15)16)14-9(2)13-10-5-3-4-6-11(10)14/h3-6,8H,7H2,1-2H3,(H,15,16). The molecular formula is C12H14N2OS. The van der Waals surface area contributed by atoms with Gasteiger partial charge in [0.05, 0.1) is 11.0 Å². The fraction of sp³-hybridized carbons (Fsp3) is 0.333. The number of para-hydroxylation sites is 2. The molecular weight excluding hydrogens is 220 g/mol. The van der Waals surface area contributed by atoms with Crippen molar-refractivity contribution in [2.75, 3.05) is 0 Å². The number of aromatic nitrogens is 2. The van der Waals surface area contributed by atoms with Gasteiger partial charge in [-0.3, -0.25) is 4.79 Å². The van der Waals surface area contributed by atoms with Crippen molar-refractivity contribution in [2.45, 2.75) is 26.3 Å². The average molecular weight is 234 g/mol. The van der Waals surface area contributed by atoms with E-state index >= 15 is 0 Å². The lowest BCUT2D eigenvalue weighted by atomic mass is 10.2. The molecule has 2 rings (SSSR count). The minimum absolute atomic E-state index is 0.0929. The van der Waals surface area contributed by atoms with Gasteiger partial charge in [0.2, 0.25) is 0 Å². The first-order chi connectivity index (χ1) is 7.59. The molecule has 4 heteroatoms. The molecule has 1 heterocycles. The Kier molecular flexibility index (Phi) is 3.01. The molecule has 1 aromatic heterocycles. The second-order valence-corrected chi connectivity index (χ2v) is 4.46. The van der Waals surface area contributed by atoms with Crippen molar-refractivity contribution in [1.82, 2.24) is 9.55 Å². The Bertz CT molecular complexity index is 533. The fourth-order valence-electron chi connectivity index (χ4n) is 2.07. The number of hydrogen-bond acceptors (Lipinski definition) is 2. The highest BCUT2D eigenvalue weighted by molar-refractivity contribution is 7.96. The Morgan fingerprint density at radius 2 is 2.19 bits per heavy atom. The summed E-state index contributed by atoms with van der Waals surface area (Å²) in [7, 11) is 0. The molecule has 0 aliphatic rings. The van der Waals surface area contributed by atoms with Crippen molar-refractivity contribution in [3.05, 3.63) is 30.1 Å². The van der Waals surface area contributed by atoms with E-state index in [0.29, 0.717) is 6.42 Å². The van der Waals surface area contributed by atoms with Crippen LogP contribution in [0.15, 0.2) is 24.3 Å². The maximum Gasteiger partial charge on any atom is 0.187 e. The molecule has 0 radical (unpaired) electrons. The first-order valence-corrected chi connectivity index (χ1v) is 5.69. The van der Waals surface area contributed by atoms with Gasteiger partial charge in [0.25, 0.3) is 0 Å². The van der Waals surface area contributed by atoms with E-state index in [1.165, 1.54) is 0 Å². The van der Waals surface area contributed by atoms with Gasteiger partial charge in [0, 0.05) is 12.5 Å². The molecule has 84 valence electrons. The third kappa shape index (κ3) is 1.97. The van der Waals surface area contributed by atoms with E-state index in [9.17, 15) is 4.79 Å². The summed E-state index contributed by atoms with van der Waals surface area (Å²) in [5, 5.41) is -0.0929. The number of imidazole rings is 1. The molecule has 0 aliphatic carbocycles. The lowest BCUT2D eigenvalue weighted by Crippen LogP contribution is -2.09. The molecule has 0 saturated heterocycles. The third-order valence-electron chi connectivity index (χ3n) is 2.68. The van der Waals surface area contributed by atoms with Gasteiger partial charge >= 0.3 is 0 Å². The van der Waals surface area contributed by atoms with Crippen molar-refractivity contribution in [2.24, 2.45) is 0 Å². The van der Waals surface area contributed by atoms with Crippen molar-refractivity contribution < 1.29 is 4.79 Å². The van der Waals surface area contributed by atoms with Crippen LogP contribution in [0.1, 0.15) is 25.2 Å². The summed E-state index contributed by atoms with van der Waals surface area (Å²) >= 11 is 3.82. The van der Waals surface area contributed by atoms with Crippen LogP contribution >= 0.6 is 12.6 Å². The van der Waals surface area contributed by atoms with Gasteiger partial charge in [-0.2, -0.15) is 0 Å². The van der Waals surface area contributed by atoms with Gasteiger partial charge in [0.15, 0.2) is 5.12 Å². The first-order valence-electron chi connectivity index (χ1n) is 5.25. The zero-order chi connectivity index (χ0) is 11.7. The Hall–Kier alpha value is -1.29. The van der Waals surface area contributed by atoms with Crippen molar-refractivity contribution in [3.8, 4) is 0 Å². The SMILES string of the molecule is Cc1nc2ccccc2n1C(C)CC(=O)S. The van der Waals surface area contributed by atoms with Gasteiger partial charge in [-0.1, -0.05) is 12.1 Å². The van der Waals surface area contributed by atoms with Crippen LogP contribution in [0.25, 0.3) is 11.0 Å². The number of hydrogen-bond donors (Lipinski definition) is 1. The highest BCUT2D eigenvalue weighted by atomic mass is 32.1. The van der Waals surface area contributed by atoms with E-state index in [0.717, 1.165) is 16.9 Å². The summed E-state index contributed by atoms with van der Waals surface area (Å²) in [5.41, 5.74) is 2.04. The zero-order valence-electron chi connectivity index (χ0n) is 9.34. The summed E-state index contributed by atoms with van der Waals surface area (Å²) in [6.45, 7) is 3.97. The van der Waals surface area contributed by atoms with E-state index in [4.69, 9.17) is 0 Å². The van der Waals surface area contributed by atoms with Crippen molar-refractivity contribution >= 4 is 28.8 Å². The molecule has 0 bridgehead atoms. The second kappa shape index (κ2) is 4.29. The zero-order valence-corrected chi connectivity index (χ0v) is 10.2. The van der Waals surface area contributed by atoms with Gasteiger partial charge in [0.1, 0.15) is 5.82 Å². The number of benzene rings is 1. The monoisotopic (exact) mass is 234 g/mol. The van der Waals surface area contributed by atoms with E-state index in [2.05, 4.69) is 22.2 Å². The van der Waals surface area contributed by atoms with Crippen molar-refractivity contribution in [1.29, 1.82) is 0 Å². The molecule has 0 saturated carbocycles. The molecule has 1 atom stereocenters. The maximum atomic E-state index is 11.0. The normalized spacial score (nSPS) is 12.9. The molecule has 0 fully saturated rings. The van der Waals surface area contributed by atoms with E-state index in [1.54, 1.807) is 0 Å². The van der Waals surface area contributed by atoms with E-state index < -0.39 is 0 Å². The minimum atomic E-state index is -0.0929. The average Bonchev–Trinajstić information content (AvgIpc) is 2.52. The Balaban J connectivity index is 2.50. The number of nitrogens with zero attached hydrogens (tertiary/aromatic N) is 2. The number of fused-ring (bicyclic) bond motifs is 1. The fourth-order valence-corrected chi connectivity index (χ4v) is 2.33. The maximum absolute atomic E-state index is 11.0. The summed E-state index contributed by atoms with van der Waals surface area (Å²) in [6, 6.07) is 8.04. The largest absolute Gasteiger partial charge is 0.325 e. The topological polar surface area (TPSA) is 34.9 Å². The van der Waals surface area contributed by atoms with Gasteiger partial charge < -0.3 is 4.57 Å². The summed E-state index contributed by atoms with van der Waals surface area (Å²) in [5.74, 6) is 0.934. The molecule has 0 N–H and O–H groups in total. The highest BCUT2D eigenvalue weighted by Gasteiger charge is 2.14. The van der Waals surface area contributed by atoms with Crippen LogP contribution in [-0.4, -0.2) is 14.7 Å². The first kappa shape index (κ1) is 11.2. The third-order valence-corrected chi connectivity index (χ3v) is 2.87. The number of carbonyl (C=O) groups excluding carboxylic acids is 1. The smallest absolute Gasteiger partial charge is 0.187 e. The minimum Gasteiger partial charge on any atom is -0.325 e. The molecule has 3 nitrogen and oxygen atoms in total. The van der Waals surface area contributed by atoms with Gasteiger partial charge in [-0.05, 0) is 26.0 Å². The molecule has 1 aromatic carbocycles. The highest BCUT2D eigenvalue weighted by Crippen LogP contribution is 2.22. The van der Waals surface area contributed by atoms with Crippen LogP contribution in [0.3, 0.4) is 0 Å². The predicted octanol–water partition coefficient (Wildman–Crippen LogP) is 2.75. The van der Waals surface area contributed by atoms with Gasteiger partial charge in [-0.25, -0.2) is 4.98 Å². The molecule has 0 aliphatic heterocycles. The van der Waals surface area contributed by atoms with Crippen LogP contribution in [0, 0.1) is 6.92 Å². The number of aryl methyl sites for hydroxylation is 1. The number of rotatable bonds is 3. The van der Waals surface area contributed by atoms with Crippen LogP contribution in [0.5, 0.6) is 0 Å². The van der Waals surface area contributed by atoms with E-state index in [-0.39, 0.29) is 11.2 Å². The molecule has 0 spiro atoms. The Morgan fingerprint density at radius 1 is 1.50 bits per heavy atom. The summed E-state index contributed by atoms with van der Waals surface area (Å²) in [6.07, 6.45) is 0.421. The number of thiol groups is 1. The lowest BCUT2D eigenvalue weighted by Gasteiger charge is -2.14. The van der Waals surface area contributed by atoms with Crippen LogP contribution in [0.2, 0.25) is 0 Å². The van der Waals surface area contributed by atoms with Crippen LogP contribution in [-0.2, 0) is 4.79 Å². The summed E-state index contributed by atoms with van der Waals surface area (Å²) < 4.78 is 2.09. The van der Waals surface area contributed by atoms with Gasteiger partial charge in [-0.15, -0.1) is 12.6 Å². The van der Waals surface area contributed by atoms with Crippen LogP contribution in [0.4, 0.5) is 0 Å². The predicted molar refractivity (Wildman–Crippen MR) is 67.8 cm³/mol. The quantitative estimate of drug-likeness (QED) is 0.829. The molecule has 16 heavy (non-hydrogen) atoms. The van der Waals surface area contributed by atoms with Crippen LogP contribution < -0.4 is 0 Å². The number of carbonyl (C=O) groups is 1. The molecule has 2 aromatic rings. The summed E-state index contributed by atoms with van der Waals surface area (Å²) in [4.78, 5) is 15.5. The van der Waals surface area contributed by atoms with Crippen molar-refractivity contribution in [3.63, 3.8) is 0 Å². The Morgan fingerprint density at radius 3 is 2.88 bits per heavy atom. The van der Waals surface area contributed by atoms with E-state index in [1.807, 2.05) is 38.1 Å². The molecule has 0 amide bonds. The second-order valence-electron chi connectivity index (χ2n) is 3.96. The lowest BCUT2D eigenvalue weighted by molar-refractivity contribution is -0.111. The molecule has 1 unspecified atom stereocenters.